The second-order valence-electron chi connectivity index (χ2n) is 2.78. The zero-order chi connectivity index (χ0) is 11.1. The summed E-state index contributed by atoms with van der Waals surface area (Å²) in [7, 11) is 0. The van der Waals surface area contributed by atoms with Crippen molar-refractivity contribution >= 4 is 17.6 Å². The highest BCUT2D eigenvalue weighted by molar-refractivity contribution is 5.82. The van der Waals surface area contributed by atoms with Gasteiger partial charge in [0.2, 0.25) is 11.9 Å². The summed E-state index contributed by atoms with van der Waals surface area (Å²) >= 11 is 0. The molecule has 0 aliphatic carbocycles. The molecule has 6 nitrogen and oxygen atoms in total. The molecule has 0 unspecified atom stereocenters. The molecule has 0 aromatic heterocycles. The van der Waals surface area contributed by atoms with Gasteiger partial charge in [0.05, 0.1) is 5.69 Å². The van der Waals surface area contributed by atoms with Gasteiger partial charge in [0.25, 0.3) is 0 Å². The van der Waals surface area contributed by atoms with Crippen LogP contribution in [0.3, 0.4) is 0 Å². The fourth-order valence-corrected chi connectivity index (χ4v) is 0.817. The van der Waals surface area contributed by atoms with E-state index < -0.39 is 0 Å². The van der Waals surface area contributed by atoms with Gasteiger partial charge in [0.15, 0.2) is 0 Å². The quantitative estimate of drug-likeness (QED) is 0.311. The third-order valence-corrected chi connectivity index (χ3v) is 1.45. The number of guanidine groups is 1. The van der Waals surface area contributed by atoms with Crippen molar-refractivity contribution in [2.75, 3.05) is 5.43 Å². The van der Waals surface area contributed by atoms with Gasteiger partial charge in [0, 0.05) is 6.92 Å². The zero-order valence-corrected chi connectivity index (χ0v) is 8.32. The predicted molar refractivity (Wildman–Crippen MR) is 58.6 cm³/mol. The van der Waals surface area contributed by atoms with Crippen molar-refractivity contribution in [2.24, 2.45) is 10.8 Å². The number of para-hydroxylation sites is 1. The Balaban J connectivity index is 2.40. The Morgan fingerprint density at radius 1 is 1.27 bits per heavy atom. The monoisotopic (exact) mass is 207 g/mol. The average Bonchev–Trinajstić information content (AvgIpc) is 2.25. The number of nitrogens with two attached hydrogens (primary N) is 1. The molecule has 0 radical (unpaired) electrons. The van der Waals surface area contributed by atoms with Gasteiger partial charge in [-0.1, -0.05) is 18.2 Å². The number of nitrogens with zero attached hydrogens (tertiary/aromatic N) is 1. The highest BCUT2D eigenvalue weighted by Gasteiger charge is 1.92. The van der Waals surface area contributed by atoms with Gasteiger partial charge in [0.1, 0.15) is 0 Å². The molecule has 0 saturated heterocycles. The highest BCUT2D eigenvalue weighted by Crippen LogP contribution is 2.03. The minimum absolute atomic E-state index is 0.0778. The topological polar surface area (TPSA) is 91.5 Å². The van der Waals surface area contributed by atoms with E-state index in [4.69, 9.17) is 5.73 Å². The van der Waals surface area contributed by atoms with Crippen molar-refractivity contribution in [3.63, 3.8) is 0 Å². The average molecular weight is 207 g/mol. The Morgan fingerprint density at radius 2 is 1.93 bits per heavy atom. The Kier molecular flexibility index (Phi) is 3.96. The first kappa shape index (κ1) is 10.8. The van der Waals surface area contributed by atoms with E-state index in [2.05, 4.69) is 21.4 Å². The number of hydrazone groups is 1. The summed E-state index contributed by atoms with van der Waals surface area (Å²) in [6.07, 6.45) is 0. The lowest BCUT2D eigenvalue weighted by Gasteiger charge is -2.05. The molecule has 5 N–H and O–H groups in total. The van der Waals surface area contributed by atoms with Crippen LogP contribution in [0.5, 0.6) is 0 Å². The number of rotatable bonds is 2. The number of amides is 1. The molecule has 80 valence electrons. The van der Waals surface area contributed by atoms with Crippen molar-refractivity contribution in [3.8, 4) is 0 Å². The van der Waals surface area contributed by atoms with Gasteiger partial charge >= 0.3 is 0 Å². The maximum Gasteiger partial charge on any atom is 0.235 e. The second kappa shape index (κ2) is 5.48. The molecule has 6 heteroatoms. The summed E-state index contributed by atoms with van der Waals surface area (Å²) in [5.74, 6) is -0.165. The summed E-state index contributed by atoms with van der Waals surface area (Å²) in [5.41, 5.74) is 13.7. The number of carbonyl (C=O) groups is 1. The van der Waals surface area contributed by atoms with Crippen LogP contribution in [0.2, 0.25) is 0 Å². The summed E-state index contributed by atoms with van der Waals surface area (Å²) in [6, 6.07) is 9.32. The molecule has 0 aliphatic heterocycles. The van der Waals surface area contributed by atoms with Crippen LogP contribution in [0, 0.1) is 0 Å². The minimum atomic E-state index is -0.243. The van der Waals surface area contributed by atoms with Crippen molar-refractivity contribution in [1.29, 1.82) is 0 Å². The summed E-state index contributed by atoms with van der Waals surface area (Å²) < 4.78 is 0. The number of benzene rings is 1. The Hall–Kier alpha value is -2.24. The zero-order valence-electron chi connectivity index (χ0n) is 8.32. The van der Waals surface area contributed by atoms with E-state index in [0.717, 1.165) is 5.69 Å². The lowest BCUT2D eigenvalue weighted by Crippen LogP contribution is -2.45. The fourth-order valence-electron chi connectivity index (χ4n) is 0.817. The number of hydrazine groups is 1. The number of carbonyl (C=O) groups excluding carboxylic acids is 1. The second-order valence-corrected chi connectivity index (χ2v) is 2.78. The van der Waals surface area contributed by atoms with Crippen molar-refractivity contribution in [1.82, 2.24) is 10.9 Å². The van der Waals surface area contributed by atoms with Crippen LogP contribution in [0.4, 0.5) is 5.69 Å². The number of hydrogen-bond acceptors (Lipinski definition) is 3. The molecule has 1 rings (SSSR count). The molecule has 0 heterocycles. The lowest BCUT2D eigenvalue weighted by atomic mass is 10.3. The van der Waals surface area contributed by atoms with Gasteiger partial charge in [-0.3, -0.25) is 21.1 Å². The normalized spacial score (nSPS) is 10.6. The van der Waals surface area contributed by atoms with E-state index in [0.29, 0.717) is 0 Å². The van der Waals surface area contributed by atoms with Gasteiger partial charge in [-0.2, -0.15) is 0 Å². The molecule has 0 aliphatic rings. The Bertz CT molecular complexity index is 349. The SMILES string of the molecule is CC(=O)NNC(N)=NNc1ccccc1. The van der Waals surface area contributed by atoms with Gasteiger partial charge in [-0.25, -0.2) is 0 Å². The van der Waals surface area contributed by atoms with Crippen LogP contribution in [0.15, 0.2) is 35.4 Å². The van der Waals surface area contributed by atoms with E-state index in [9.17, 15) is 4.79 Å². The first-order valence-corrected chi connectivity index (χ1v) is 4.35. The van der Waals surface area contributed by atoms with Crippen LogP contribution in [0.1, 0.15) is 6.92 Å². The molecular weight excluding hydrogens is 194 g/mol. The summed E-state index contributed by atoms with van der Waals surface area (Å²) in [5, 5.41) is 3.78. The first-order valence-electron chi connectivity index (χ1n) is 4.35. The Morgan fingerprint density at radius 3 is 2.53 bits per heavy atom. The minimum Gasteiger partial charge on any atom is -0.367 e. The molecule has 0 atom stereocenters. The van der Waals surface area contributed by atoms with Crippen LogP contribution < -0.4 is 22.0 Å². The van der Waals surface area contributed by atoms with E-state index in [1.165, 1.54) is 6.92 Å². The number of nitrogens with one attached hydrogen (secondary N) is 3. The lowest BCUT2D eigenvalue weighted by molar-refractivity contribution is -0.119. The summed E-state index contributed by atoms with van der Waals surface area (Å²) in [4.78, 5) is 10.5. The van der Waals surface area contributed by atoms with E-state index in [1.807, 2.05) is 30.3 Å². The van der Waals surface area contributed by atoms with Crippen LogP contribution in [-0.2, 0) is 4.79 Å². The maximum atomic E-state index is 10.5. The summed E-state index contributed by atoms with van der Waals surface area (Å²) in [6.45, 7) is 1.37. The molecule has 15 heavy (non-hydrogen) atoms. The molecule has 0 spiro atoms. The van der Waals surface area contributed by atoms with Gasteiger partial charge in [-0.05, 0) is 12.1 Å². The molecule has 0 bridgehead atoms. The van der Waals surface area contributed by atoms with Gasteiger partial charge < -0.3 is 5.73 Å². The molecule has 1 aromatic rings. The standard InChI is InChI=1S/C9H13N5O/c1-7(15)11-13-9(10)14-12-8-5-3-2-4-6-8/h2-6,12H,1H3,(H,11,15)(H3,10,13,14). The third kappa shape index (κ3) is 4.51. The van der Waals surface area contributed by atoms with Crippen molar-refractivity contribution < 1.29 is 4.79 Å². The fraction of sp³-hybridized carbons (Fsp3) is 0.111. The molecule has 0 fully saturated rings. The van der Waals surface area contributed by atoms with E-state index >= 15 is 0 Å². The highest BCUT2D eigenvalue weighted by atomic mass is 16.2. The predicted octanol–water partition coefficient (Wildman–Crippen LogP) is -0.0311. The third-order valence-electron chi connectivity index (χ3n) is 1.45. The number of anilines is 1. The largest absolute Gasteiger partial charge is 0.367 e. The maximum absolute atomic E-state index is 10.5. The van der Waals surface area contributed by atoms with E-state index in [1.54, 1.807) is 0 Å². The molecule has 0 saturated carbocycles. The molecule has 1 amide bonds. The van der Waals surface area contributed by atoms with Gasteiger partial charge in [-0.15, -0.1) is 5.10 Å². The van der Waals surface area contributed by atoms with Crippen LogP contribution in [0.25, 0.3) is 0 Å². The molecule has 1 aromatic carbocycles. The Labute approximate surface area is 87.5 Å². The molecular formula is C9H13N5O. The number of hydrogen-bond donors (Lipinski definition) is 4. The van der Waals surface area contributed by atoms with Crippen LogP contribution in [-0.4, -0.2) is 11.9 Å². The van der Waals surface area contributed by atoms with Crippen molar-refractivity contribution in [3.05, 3.63) is 30.3 Å². The smallest absolute Gasteiger partial charge is 0.235 e. The van der Waals surface area contributed by atoms with Crippen LogP contribution >= 0.6 is 0 Å². The van der Waals surface area contributed by atoms with E-state index in [-0.39, 0.29) is 11.9 Å². The van der Waals surface area contributed by atoms with Crippen molar-refractivity contribution in [2.45, 2.75) is 6.92 Å². The first-order chi connectivity index (χ1) is 7.18.